The van der Waals surface area contributed by atoms with E-state index in [-0.39, 0.29) is 0 Å². The van der Waals surface area contributed by atoms with E-state index in [4.69, 9.17) is 17.7 Å². The monoisotopic (exact) mass is 249 g/mol. The van der Waals surface area contributed by atoms with Crippen LogP contribution in [0.2, 0.25) is 0 Å². The summed E-state index contributed by atoms with van der Waals surface area (Å²) in [5.74, 6) is 0. The van der Waals surface area contributed by atoms with Crippen LogP contribution in [0.4, 0.5) is 0 Å². The Kier molecular flexibility index (Phi) is 10.3. The maximum atomic E-state index is 5.66. The van der Waals surface area contributed by atoms with Crippen LogP contribution in [0.3, 0.4) is 0 Å². The number of hydrogen-bond acceptors (Lipinski definition) is 4. The lowest BCUT2D eigenvalue weighted by Crippen LogP contribution is -2.49. The third kappa shape index (κ3) is 6.60. The highest BCUT2D eigenvalue weighted by Gasteiger charge is 2.44. The Labute approximate surface area is 101 Å². The van der Waals surface area contributed by atoms with E-state index >= 15 is 0 Å². The molecule has 97 valence electrons. The van der Waals surface area contributed by atoms with Crippen molar-refractivity contribution < 1.29 is 17.7 Å². The average Bonchev–Trinajstić information content (AvgIpc) is 2.31. The van der Waals surface area contributed by atoms with Crippen LogP contribution in [0.1, 0.15) is 40.0 Å². The van der Waals surface area contributed by atoms with Crippen LogP contribution in [0.5, 0.6) is 0 Å². The first-order chi connectivity index (χ1) is 7.74. The van der Waals surface area contributed by atoms with Gasteiger partial charge in [-0.25, -0.2) is 0 Å². The normalized spacial score (nSPS) is 12.0. The fourth-order valence-corrected chi connectivity index (χ4v) is 3.17. The second-order valence-corrected chi connectivity index (χ2v) is 5.55. The average molecular weight is 249 g/mol. The molecule has 0 saturated carbocycles. The zero-order chi connectivity index (χ0) is 12.3. The second-order valence-electron chi connectivity index (χ2n) is 3.39. The van der Waals surface area contributed by atoms with Crippen LogP contribution < -0.4 is 0 Å². The molecule has 4 nitrogen and oxygen atoms in total. The quantitative estimate of drug-likeness (QED) is 0.527. The number of hydrogen-bond donors (Lipinski definition) is 0. The maximum Gasteiger partial charge on any atom is 0.679 e. The summed E-state index contributed by atoms with van der Waals surface area (Å²) in [4.78, 5) is 0. The van der Waals surface area contributed by atoms with E-state index < -0.39 is 9.05 Å². The Hall–Kier alpha value is 0.0569. The highest BCUT2D eigenvalue weighted by atomic mass is 28.4. The molecule has 0 amide bonds. The molecule has 5 heteroatoms. The maximum absolute atomic E-state index is 5.66. The van der Waals surface area contributed by atoms with Gasteiger partial charge in [0.2, 0.25) is 0 Å². The summed E-state index contributed by atoms with van der Waals surface area (Å²) in [6.45, 7) is 11.9. The van der Waals surface area contributed by atoms with Crippen molar-refractivity contribution in [1.29, 1.82) is 0 Å². The van der Waals surface area contributed by atoms with Gasteiger partial charge in [0.15, 0.2) is 0 Å². The topological polar surface area (TPSA) is 36.9 Å². The van der Waals surface area contributed by atoms with Gasteiger partial charge < -0.3 is 17.7 Å². The largest absolute Gasteiger partial charge is 0.679 e. The van der Waals surface area contributed by atoms with E-state index in [0.29, 0.717) is 26.4 Å². The molecule has 0 N–H and O–H groups in total. The lowest BCUT2D eigenvalue weighted by Gasteiger charge is -2.27. The van der Waals surface area contributed by atoms with Gasteiger partial charge in [-0.2, -0.15) is 0 Å². The summed E-state index contributed by atoms with van der Waals surface area (Å²) in [6, 6.07) is 0. The molecule has 0 aromatic carbocycles. The molecule has 0 fully saturated rings. The van der Waals surface area contributed by atoms with Gasteiger partial charge >= 0.3 is 9.05 Å². The first-order valence-electron chi connectivity index (χ1n) is 6.09. The molecule has 0 aliphatic heterocycles. The van der Waals surface area contributed by atoms with Gasteiger partial charge in [0.25, 0.3) is 0 Å². The zero-order valence-electron chi connectivity index (χ0n) is 10.8. The summed E-state index contributed by atoms with van der Waals surface area (Å²) < 4.78 is 22.5. The minimum absolute atomic E-state index is 0.309. The van der Waals surface area contributed by atoms with Gasteiger partial charge in [0.05, 0.1) is 0 Å². The number of rotatable bonds is 11. The first kappa shape index (κ1) is 16.1. The Morgan fingerprint density at radius 2 is 1.12 bits per heavy atom. The van der Waals surface area contributed by atoms with Crippen LogP contribution in [0.25, 0.3) is 0 Å². The summed E-state index contributed by atoms with van der Waals surface area (Å²) in [5.41, 5.74) is 0. The lowest BCUT2D eigenvalue weighted by atomic mass is 10.5. The zero-order valence-corrected chi connectivity index (χ0v) is 11.8. The summed E-state index contributed by atoms with van der Waals surface area (Å²) in [6.07, 6.45) is 2.75. The summed E-state index contributed by atoms with van der Waals surface area (Å²) in [7, 11) is -2.92. The van der Waals surface area contributed by atoms with Crippen molar-refractivity contribution in [2.24, 2.45) is 0 Å². The molecule has 0 spiro atoms. The minimum atomic E-state index is -2.92. The summed E-state index contributed by atoms with van der Waals surface area (Å²) in [5, 5.41) is 0. The molecule has 0 atom stereocenters. The van der Waals surface area contributed by atoms with Gasteiger partial charge in [-0.3, -0.25) is 0 Å². The molecule has 0 aliphatic rings. The molecular formula is C11H25O4Si. The van der Waals surface area contributed by atoms with E-state index in [1.54, 1.807) is 0 Å². The molecule has 0 bridgehead atoms. The van der Waals surface area contributed by atoms with Crippen molar-refractivity contribution in [3.8, 4) is 0 Å². The van der Waals surface area contributed by atoms with Crippen LogP contribution in [-0.2, 0) is 17.7 Å². The van der Waals surface area contributed by atoms with Gasteiger partial charge in [-0.15, -0.1) is 0 Å². The van der Waals surface area contributed by atoms with E-state index in [9.17, 15) is 0 Å². The third-order valence-electron chi connectivity index (χ3n) is 1.73. The Bertz CT molecular complexity index is 133. The molecular weight excluding hydrogens is 224 g/mol. The van der Waals surface area contributed by atoms with Crippen molar-refractivity contribution in [1.82, 2.24) is 0 Å². The third-order valence-corrected chi connectivity index (χ3v) is 3.96. The van der Waals surface area contributed by atoms with E-state index in [1.807, 2.05) is 20.8 Å². The van der Waals surface area contributed by atoms with Crippen molar-refractivity contribution in [3.63, 3.8) is 0 Å². The molecule has 0 aliphatic carbocycles. The predicted octanol–water partition coefficient (Wildman–Crippen LogP) is 2.55. The van der Waals surface area contributed by atoms with Crippen molar-refractivity contribution in [2.75, 3.05) is 26.4 Å². The van der Waals surface area contributed by atoms with Crippen LogP contribution >= 0.6 is 0 Å². The fraction of sp³-hybridized carbons (Fsp3) is 0.909. The first-order valence-corrected chi connectivity index (χ1v) is 7.73. The van der Waals surface area contributed by atoms with Gasteiger partial charge in [-0.05, 0) is 26.2 Å². The molecule has 0 unspecified atom stereocenters. The van der Waals surface area contributed by atoms with Crippen molar-refractivity contribution in [3.05, 3.63) is 6.92 Å². The Morgan fingerprint density at radius 3 is 1.38 bits per heavy atom. The molecule has 0 rings (SSSR count). The fourth-order valence-electron chi connectivity index (χ4n) is 1.06. The van der Waals surface area contributed by atoms with Crippen LogP contribution in [0.15, 0.2) is 0 Å². The smallest absolute Gasteiger partial charge is 0.351 e. The Balaban J connectivity index is 4.32. The van der Waals surface area contributed by atoms with E-state index in [2.05, 4.69) is 6.92 Å². The second kappa shape index (κ2) is 10.2. The predicted molar refractivity (Wildman–Crippen MR) is 65.8 cm³/mol. The molecule has 1 radical (unpaired) electrons. The van der Waals surface area contributed by atoms with Gasteiger partial charge in [0, 0.05) is 26.4 Å². The highest BCUT2D eigenvalue weighted by Crippen LogP contribution is 2.13. The van der Waals surface area contributed by atoms with Crippen molar-refractivity contribution >= 4 is 9.05 Å². The van der Waals surface area contributed by atoms with Crippen LogP contribution in [0, 0.1) is 6.92 Å². The lowest BCUT2D eigenvalue weighted by molar-refractivity contribution is -0.0296. The highest BCUT2D eigenvalue weighted by molar-refractivity contribution is 6.53. The minimum Gasteiger partial charge on any atom is -0.351 e. The molecule has 0 heterocycles. The standard InChI is InChI=1S/C11H25O4Si/c1-5-9-13-16(12-8-4,14-10-6-2)15-11-7-3/h4-11H2,1-3H3. The molecule has 0 aromatic heterocycles. The Morgan fingerprint density at radius 1 is 0.750 bits per heavy atom. The molecule has 16 heavy (non-hydrogen) atoms. The van der Waals surface area contributed by atoms with E-state index in [0.717, 1.165) is 19.3 Å². The molecule has 0 aromatic rings. The van der Waals surface area contributed by atoms with Crippen LogP contribution in [-0.4, -0.2) is 35.5 Å². The van der Waals surface area contributed by atoms with E-state index in [1.165, 1.54) is 0 Å². The van der Waals surface area contributed by atoms with Gasteiger partial charge in [0.1, 0.15) is 0 Å². The SMILES string of the molecule is [CH2]CO[Si](OCCC)(OCCC)OCCC. The summed E-state index contributed by atoms with van der Waals surface area (Å²) >= 11 is 0. The van der Waals surface area contributed by atoms with Crippen molar-refractivity contribution in [2.45, 2.75) is 40.0 Å². The molecule has 0 saturated heterocycles. The van der Waals surface area contributed by atoms with Gasteiger partial charge in [-0.1, -0.05) is 20.8 Å².